The van der Waals surface area contributed by atoms with E-state index in [0.29, 0.717) is 13.2 Å². The molecule has 0 saturated carbocycles. The van der Waals surface area contributed by atoms with Gasteiger partial charge in [-0.25, -0.2) is 0 Å². The highest BCUT2D eigenvalue weighted by atomic mass is 16.5. The Morgan fingerprint density at radius 2 is 1.82 bits per heavy atom. The lowest BCUT2D eigenvalue weighted by Gasteiger charge is -2.22. The summed E-state index contributed by atoms with van der Waals surface area (Å²) in [5.74, 6) is 0. The van der Waals surface area contributed by atoms with Crippen LogP contribution in [-0.2, 0) is 4.74 Å². The van der Waals surface area contributed by atoms with Gasteiger partial charge in [0.15, 0.2) is 0 Å². The zero-order valence-corrected chi connectivity index (χ0v) is 10.6. The molecule has 0 radical (unpaired) electrons. The summed E-state index contributed by atoms with van der Waals surface area (Å²) in [6, 6.07) is 7.64. The quantitative estimate of drug-likeness (QED) is 0.783. The van der Waals surface area contributed by atoms with E-state index in [2.05, 4.69) is 0 Å². The van der Waals surface area contributed by atoms with Gasteiger partial charge in [-0.05, 0) is 24.6 Å². The average molecular weight is 239 g/mol. The van der Waals surface area contributed by atoms with E-state index in [1.165, 1.54) is 0 Å². The maximum absolute atomic E-state index is 9.62. The molecule has 1 unspecified atom stereocenters. The first-order chi connectivity index (χ1) is 8.04. The molecule has 1 rings (SSSR count). The summed E-state index contributed by atoms with van der Waals surface area (Å²) < 4.78 is 4.88. The number of nitrogens with zero attached hydrogens (tertiary/aromatic N) is 1. The fraction of sp³-hybridized carbons (Fsp3) is 0.538. The molecular weight excluding hydrogens is 218 g/mol. The third-order valence-electron chi connectivity index (χ3n) is 2.66. The molecule has 0 heterocycles. The van der Waals surface area contributed by atoms with Gasteiger partial charge in [-0.1, -0.05) is 12.1 Å². The highest BCUT2D eigenvalue weighted by Gasteiger charge is 2.09. The standard InChI is InChI=1S/C13H21NO3/c1-10(15)11-4-6-12(7-5-11)14(2)8-13(16)9-17-3/h4-7,10,13,15-16H,8-9H2,1-3H3/t10-,13?/m0/s1. The Morgan fingerprint density at radius 3 is 2.29 bits per heavy atom. The van der Waals surface area contributed by atoms with Crippen LogP contribution in [0.15, 0.2) is 24.3 Å². The second-order valence-electron chi connectivity index (χ2n) is 4.26. The van der Waals surface area contributed by atoms with E-state index < -0.39 is 12.2 Å². The molecular formula is C13H21NO3. The zero-order valence-electron chi connectivity index (χ0n) is 10.6. The number of hydrogen-bond donors (Lipinski definition) is 2. The van der Waals surface area contributed by atoms with Crippen molar-refractivity contribution in [2.45, 2.75) is 19.1 Å². The molecule has 0 amide bonds. The van der Waals surface area contributed by atoms with Gasteiger partial charge in [0.1, 0.15) is 0 Å². The largest absolute Gasteiger partial charge is 0.389 e. The van der Waals surface area contributed by atoms with Gasteiger partial charge in [-0.15, -0.1) is 0 Å². The first kappa shape index (κ1) is 14.0. The number of benzene rings is 1. The molecule has 0 saturated heterocycles. The molecule has 4 nitrogen and oxygen atoms in total. The van der Waals surface area contributed by atoms with Crippen molar-refractivity contribution in [2.75, 3.05) is 32.2 Å². The molecule has 4 heteroatoms. The average Bonchev–Trinajstić information content (AvgIpc) is 2.29. The molecule has 1 aromatic carbocycles. The van der Waals surface area contributed by atoms with Crippen LogP contribution < -0.4 is 4.90 Å². The summed E-state index contributed by atoms with van der Waals surface area (Å²) in [4.78, 5) is 1.95. The normalized spacial score (nSPS) is 14.4. The molecule has 2 atom stereocenters. The van der Waals surface area contributed by atoms with Crippen molar-refractivity contribution in [2.24, 2.45) is 0 Å². The van der Waals surface area contributed by atoms with E-state index in [4.69, 9.17) is 4.74 Å². The van der Waals surface area contributed by atoms with Crippen LogP contribution in [0.1, 0.15) is 18.6 Å². The second kappa shape index (κ2) is 6.59. The number of aliphatic hydroxyl groups is 2. The lowest BCUT2D eigenvalue weighted by atomic mass is 10.1. The second-order valence-corrected chi connectivity index (χ2v) is 4.26. The van der Waals surface area contributed by atoms with Crippen molar-refractivity contribution >= 4 is 5.69 Å². The van der Waals surface area contributed by atoms with Crippen LogP contribution in [0.4, 0.5) is 5.69 Å². The Morgan fingerprint density at radius 1 is 1.24 bits per heavy atom. The Bertz CT molecular complexity index is 324. The van der Waals surface area contributed by atoms with E-state index in [-0.39, 0.29) is 0 Å². The SMILES string of the molecule is COCC(O)CN(C)c1ccc([C@H](C)O)cc1. The molecule has 2 N–H and O–H groups in total. The van der Waals surface area contributed by atoms with Gasteiger partial charge < -0.3 is 19.8 Å². The number of hydrogen-bond acceptors (Lipinski definition) is 4. The Labute approximate surface area is 102 Å². The number of methoxy groups -OCH3 is 1. The van der Waals surface area contributed by atoms with Crippen LogP contribution in [0.5, 0.6) is 0 Å². The predicted octanol–water partition coefficient (Wildman–Crippen LogP) is 1.18. The monoisotopic (exact) mass is 239 g/mol. The number of anilines is 1. The highest BCUT2D eigenvalue weighted by molar-refractivity contribution is 5.47. The van der Waals surface area contributed by atoms with Gasteiger partial charge in [0.05, 0.1) is 18.8 Å². The fourth-order valence-electron chi connectivity index (χ4n) is 1.67. The van der Waals surface area contributed by atoms with Crippen molar-refractivity contribution in [1.82, 2.24) is 0 Å². The van der Waals surface area contributed by atoms with E-state index in [9.17, 15) is 10.2 Å². The van der Waals surface area contributed by atoms with E-state index in [1.54, 1.807) is 14.0 Å². The molecule has 96 valence electrons. The van der Waals surface area contributed by atoms with E-state index in [1.807, 2.05) is 36.2 Å². The van der Waals surface area contributed by atoms with E-state index in [0.717, 1.165) is 11.3 Å². The van der Waals surface area contributed by atoms with Crippen molar-refractivity contribution in [3.8, 4) is 0 Å². The number of rotatable bonds is 6. The minimum Gasteiger partial charge on any atom is -0.389 e. The van der Waals surface area contributed by atoms with Gasteiger partial charge in [0, 0.05) is 26.4 Å². The van der Waals surface area contributed by atoms with Crippen molar-refractivity contribution in [3.63, 3.8) is 0 Å². The van der Waals surface area contributed by atoms with Gasteiger partial charge in [-0.2, -0.15) is 0 Å². The van der Waals surface area contributed by atoms with Crippen LogP contribution in [-0.4, -0.2) is 43.6 Å². The molecule has 0 aliphatic carbocycles. The maximum Gasteiger partial charge on any atom is 0.0947 e. The van der Waals surface area contributed by atoms with Crippen LogP contribution >= 0.6 is 0 Å². The zero-order chi connectivity index (χ0) is 12.8. The topological polar surface area (TPSA) is 52.9 Å². The minimum absolute atomic E-state index is 0.329. The lowest BCUT2D eigenvalue weighted by molar-refractivity contribution is 0.0695. The van der Waals surface area contributed by atoms with Crippen molar-refractivity contribution in [3.05, 3.63) is 29.8 Å². The lowest BCUT2D eigenvalue weighted by Crippen LogP contribution is -2.31. The summed E-state index contributed by atoms with van der Waals surface area (Å²) in [7, 11) is 3.48. The minimum atomic E-state index is -0.499. The molecule has 0 aliphatic rings. The van der Waals surface area contributed by atoms with Crippen LogP contribution in [0.25, 0.3) is 0 Å². The summed E-state index contributed by atoms with van der Waals surface area (Å²) in [5.41, 5.74) is 1.89. The molecule has 0 aromatic heterocycles. The van der Waals surface area contributed by atoms with Gasteiger partial charge in [0.2, 0.25) is 0 Å². The van der Waals surface area contributed by atoms with E-state index >= 15 is 0 Å². The van der Waals surface area contributed by atoms with Crippen LogP contribution in [0.3, 0.4) is 0 Å². The third kappa shape index (κ3) is 4.34. The summed E-state index contributed by atoms with van der Waals surface area (Å²) in [6.07, 6.45) is -0.949. The molecule has 17 heavy (non-hydrogen) atoms. The Hall–Kier alpha value is -1.10. The predicted molar refractivity (Wildman–Crippen MR) is 68.2 cm³/mol. The van der Waals surface area contributed by atoms with Gasteiger partial charge in [-0.3, -0.25) is 0 Å². The number of ether oxygens (including phenoxy) is 1. The first-order valence-corrected chi connectivity index (χ1v) is 5.70. The fourth-order valence-corrected chi connectivity index (χ4v) is 1.67. The molecule has 0 aliphatic heterocycles. The molecule has 1 aromatic rings. The Balaban J connectivity index is 2.60. The van der Waals surface area contributed by atoms with Crippen LogP contribution in [0.2, 0.25) is 0 Å². The smallest absolute Gasteiger partial charge is 0.0947 e. The summed E-state index contributed by atoms with van der Waals surface area (Å²) in [6.45, 7) is 2.58. The first-order valence-electron chi connectivity index (χ1n) is 5.70. The molecule has 0 bridgehead atoms. The van der Waals surface area contributed by atoms with Gasteiger partial charge in [0.25, 0.3) is 0 Å². The molecule has 0 spiro atoms. The number of aliphatic hydroxyl groups excluding tert-OH is 2. The third-order valence-corrected chi connectivity index (χ3v) is 2.66. The van der Waals surface area contributed by atoms with Crippen LogP contribution in [0, 0.1) is 0 Å². The van der Waals surface area contributed by atoms with Gasteiger partial charge >= 0.3 is 0 Å². The highest BCUT2D eigenvalue weighted by Crippen LogP contribution is 2.18. The Kier molecular flexibility index (Phi) is 5.41. The van der Waals surface area contributed by atoms with Crippen molar-refractivity contribution in [1.29, 1.82) is 0 Å². The molecule has 0 fully saturated rings. The summed E-state index contributed by atoms with van der Waals surface area (Å²) in [5, 5.41) is 19.0. The maximum atomic E-state index is 9.62. The summed E-state index contributed by atoms with van der Waals surface area (Å²) >= 11 is 0. The van der Waals surface area contributed by atoms with Crippen molar-refractivity contribution < 1.29 is 14.9 Å². The number of likely N-dealkylation sites (N-methyl/N-ethyl adjacent to an activating group) is 1.